The van der Waals surface area contributed by atoms with Crippen molar-refractivity contribution in [2.24, 2.45) is 0 Å². The van der Waals surface area contributed by atoms with Crippen molar-refractivity contribution in [2.75, 3.05) is 7.11 Å². The summed E-state index contributed by atoms with van der Waals surface area (Å²) in [6, 6.07) is 1.10. The SMILES string of the molecule is COC(=O)c1cnc(Cl)c(S(=O)[O-])c1.[Na+]. The Hall–Kier alpha value is 0.0200. The topological polar surface area (TPSA) is 79.3 Å². The Kier molecular flexibility index (Phi) is 6.58. The van der Waals surface area contributed by atoms with Crippen LogP contribution in [0.25, 0.3) is 0 Å². The molecule has 1 heterocycles. The van der Waals surface area contributed by atoms with Crippen molar-refractivity contribution in [1.82, 2.24) is 4.98 Å². The monoisotopic (exact) mass is 257 g/mol. The molecule has 0 radical (unpaired) electrons. The first kappa shape index (κ1) is 15.0. The number of nitrogens with zero attached hydrogens (tertiary/aromatic N) is 1. The molecule has 0 amide bonds. The van der Waals surface area contributed by atoms with Gasteiger partial charge in [-0.15, -0.1) is 0 Å². The van der Waals surface area contributed by atoms with E-state index in [1.165, 1.54) is 7.11 Å². The van der Waals surface area contributed by atoms with Gasteiger partial charge in [0.15, 0.2) is 0 Å². The van der Waals surface area contributed by atoms with Crippen LogP contribution in [0.15, 0.2) is 17.2 Å². The fourth-order valence-corrected chi connectivity index (χ4v) is 1.48. The summed E-state index contributed by atoms with van der Waals surface area (Å²) in [5.74, 6) is -0.666. The van der Waals surface area contributed by atoms with E-state index in [0.717, 1.165) is 12.3 Å². The molecular formula is C7H5ClNNaO4S. The average molecular weight is 258 g/mol. The molecule has 15 heavy (non-hydrogen) atoms. The van der Waals surface area contributed by atoms with Gasteiger partial charge in [-0.05, 0) is 17.1 Å². The largest absolute Gasteiger partial charge is 1.00 e. The molecule has 76 valence electrons. The molecule has 5 nitrogen and oxygen atoms in total. The van der Waals surface area contributed by atoms with E-state index in [1.807, 2.05) is 0 Å². The number of hydrogen-bond donors (Lipinski definition) is 0. The zero-order valence-corrected chi connectivity index (χ0v) is 11.6. The van der Waals surface area contributed by atoms with Gasteiger partial charge < -0.3 is 9.29 Å². The molecule has 0 aliphatic carbocycles. The molecule has 0 N–H and O–H groups in total. The summed E-state index contributed by atoms with van der Waals surface area (Å²) in [5.41, 5.74) is 0.0381. The summed E-state index contributed by atoms with van der Waals surface area (Å²) < 4.78 is 25.6. The van der Waals surface area contributed by atoms with Crippen molar-refractivity contribution in [3.05, 3.63) is 23.0 Å². The number of methoxy groups -OCH3 is 1. The van der Waals surface area contributed by atoms with Gasteiger partial charge in [0.1, 0.15) is 5.15 Å². The van der Waals surface area contributed by atoms with E-state index in [9.17, 15) is 13.6 Å². The standard InChI is InChI=1S/C7H6ClNO4S.Na/c1-13-7(10)4-2-5(14(11)12)6(8)9-3-4;/h2-3H,1H3,(H,11,12);/q;+1/p-1. The van der Waals surface area contributed by atoms with Crippen LogP contribution in [0, 0.1) is 0 Å². The van der Waals surface area contributed by atoms with Crippen molar-refractivity contribution < 1.29 is 47.9 Å². The molecule has 0 aromatic carbocycles. The van der Waals surface area contributed by atoms with Crippen LogP contribution in [-0.4, -0.2) is 26.8 Å². The fraction of sp³-hybridized carbons (Fsp3) is 0.143. The van der Waals surface area contributed by atoms with E-state index in [2.05, 4.69) is 9.72 Å². The maximum absolute atomic E-state index is 11.0. The number of ether oxygens (including phenoxy) is 1. The molecule has 0 saturated heterocycles. The molecule has 0 aliphatic heterocycles. The summed E-state index contributed by atoms with van der Waals surface area (Å²) in [5, 5.41) is -0.175. The number of carbonyl (C=O) groups excluding carboxylic acids is 1. The predicted molar refractivity (Wildman–Crippen MR) is 47.8 cm³/mol. The third kappa shape index (κ3) is 3.82. The van der Waals surface area contributed by atoms with Gasteiger partial charge in [-0.2, -0.15) is 0 Å². The van der Waals surface area contributed by atoms with Crippen LogP contribution in [0.4, 0.5) is 0 Å². The number of halogens is 1. The van der Waals surface area contributed by atoms with Gasteiger partial charge in [0, 0.05) is 6.20 Å². The molecule has 1 rings (SSSR count). The van der Waals surface area contributed by atoms with Crippen LogP contribution >= 0.6 is 11.6 Å². The fourth-order valence-electron chi connectivity index (χ4n) is 0.774. The van der Waals surface area contributed by atoms with Crippen LogP contribution < -0.4 is 29.6 Å². The number of hydrogen-bond acceptors (Lipinski definition) is 5. The van der Waals surface area contributed by atoms with Crippen molar-refractivity contribution in [1.29, 1.82) is 0 Å². The van der Waals surface area contributed by atoms with Crippen molar-refractivity contribution in [3.63, 3.8) is 0 Å². The molecular weight excluding hydrogens is 253 g/mol. The van der Waals surface area contributed by atoms with E-state index in [0.29, 0.717) is 0 Å². The molecule has 8 heteroatoms. The quantitative estimate of drug-likeness (QED) is 0.259. The number of carbonyl (C=O) groups is 1. The minimum absolute atomic E-state index is 0. The first-order valence-electron chi connectivity index (χ1n) is 3.39. The van der Waals surface area contributed by atoms with Gasteiger partial charge in [0.05, 0.1) is 17.6 Å². The average Bonchev–Trinajstić information content (AvgIpc) is 2.17. The summed E-state index contributed by atoms with van der Waals surface area (Å²) in [4.78, 5) is 14.3. The molecule has 0 aliphatic rings. The molecule has 0 spiro atoms. The predicted octanol–water partition coefficient (Wildman–Crippen LogP) is -2.24. The number of esters is 1. The first-order chi connectivity index (χ1) is 6.56. The molecule has 1 aromatic rings. The first-order valence-corrected chi connectivity index (χ1v) is 4.84. The Labute approximate surface area is 116 Å². The Bertz CT molecular complexity index is 401. The number of rotatable bonds is 2. The second kappa shape index (κ2) is 6.57. The van der Waals surface area contributed by atoms with E-state index < -0.39 is 17.0 Å². The number of aromatic nitrogens is 1. The van der Waals surface area contributed by atoms with Crippen LogP contribution in [0.2, 0.25) is 5.15 Å². The van der Waals surface area contributed by atoms with Crippen LogP contribution in [0.5, 0.6) is 0 Å². The van der Waals surface area contributed by atoms with Gasteiger partial charge in [-0.3, -0.25) is 4.21 Å². The second-order valence-electron chi connectivity index (χ2n) is 2.24. The smallest absolute Gasteiger partial charge is 0.768 e. The van der Waals surface area contributed by atoms with Gasteiger partial charge in [-0.1, -0.05) is 11.6 Å². The third-order valence-electron chi connectivity index (χ3n) is 1.41. The summed E-state index contributed by atoms with van der Waals surface area (Å²) >= 11 is 2.96. The van der Waals surface area contributed by atoms with E-state index in [4.69, 9.17) is 11.6 Å². The van der Waals surface area contributed by atoms with Crippen LogP contribution in [-0.2, 0) is 15.8 Å². The molecule has 1 unspecified atom stereocenters. The Morgan fingerprint density at radius 3 is 2.73 bits per heavy atom. The normalized spacial score (nSPS) is 11.4. The minimum Gasteiger partial charge on any atom is -0.768 e. The molecule has 0 bridgehead atoms. The van der Waals surface area contributed by atoms with Gasteiger partial charge in [0.25, 0.3) is 0 Å². The van der Waals surface area contributed by atoms with Gasteiger partial charge in [0.2, 0.25) is 0 Å². The third-order valence-corrected chi connectivity index (χ3v) is 2.49. The second-order valence-corrected chi connectivity index (χ2v) is 3.51. The summed E-state index contributed by atoms with van der Waals surface area (Å²) in [6.45, 7) is 0. The van der Waals surface area contributed by atoms with E-state index in [-0.39, 0.29) is 45.2 Å². The summed E-state index contributed by atoms with van der Waals surface area (Å²) in [7, 11) is 1.19. The molecule has 0 fully saturated rings. The maximum atomic E-state index is 11.0. The van der Waals surface area contributed by atoms with Crippen molar-refractivity contribution >= 4 is 28.7 Å². The van der Waals surface area contributed by atoms with Crippen molar-refractivity contribution in [3.8, 4) is 0 Å². The molecule has 0 saturated carbocycles. The minimum atomic E-state index is -2.52. The number of pyridine rings is 1. The molecule has 1 aromatic heterocycles. The van der Waals surface area contributed by atoms with E-state index in [1.54, 1.807) is 0 Å². The molecule has 1 atom stereocenters. The Balaban J connectivity index is 0.00000196. The van der Waals surface area contributed by atoms with Crippen LogP contribution in [0.1, 0.15) is 10.4 Å². The summed E-state index contributed by atoms with van der Waals surface area (Å²) in [6.07, 6.45) is 1.14. The zero-order chi connectivity index (χ0) is 10.7. The van der Waals surface area contributed by atoms with Gasteiger partial charge >= 0.3 is 35.5 Å². The van der Waals surface area contributed by atoms with Crippen molar-refractivity contribution in [2.45, 2.75) is 4.90 Å². The van der Waals surface area contributed by atoms with Gasteiger partial charge in [-0.25, -0.2) is 9.78 Å². The maximum Gasteiger partial charge on any atom is 1.00 e. The zero-order valence-electron chi connectivity index (χ0n) is 8.02. The Morgan fingerprint density at radius 1 is 1.67 bits per heavy atom. The Morgan fingerprint density at radius 2 is 2.27 bits per heavy atom. The van der Waals surface area contributed by atoms with Crippen LogP contribution in [0.3, 0.4) is 0 Å². The van der Waals surface area contributed by atoms with E-state index >= 15 is 0 Å².